The number of methoxy groups -OCH3 is 1. The number of Topliss-reactive ketones (excluding diaryl/α,β-unsaturated/α-hetero) is 1. The Kier molecular flexibility index (Phi) is 3.91. The minimum absolute atomic E-state index is 0.161. The van der Waals surface area contributed by atoms with E-state index < -0.39 is 0 Å². The lowest BCUT2D eigenvalue weighted by atomic mass is 10.0. The Morgan fingerprint density at radius 2 is 2.00 bits per heavy atom. The van der Waals surface area contributed by atoms with E-state index in [-0.39, 0.29) is 5.78 Å². The molecule has 1 aliphatic rings. The molecule has 1 heterocycles. The predicted molar refractivity (Wildman–Crippen MR) is 81.3 cm³/mol. The number of carbonyl (C=O) groups excluding carboxylic acids is 1. The first-order valence-electron chi connectivity index (χ1n) is 7.18. The summed E-state index contributed by atoms with van der Waals surface area (Å²) in [6, 6.07) is 13.5. The number of ketones is 1. The van der Waals surface area contributed by atoms with Gasteiger partial charge in [-0.2, -0.15) is 0 Å². The molecule has 0 amide bonds. The first-order chi connectivity index (χ1) is 10.3. The Morgan fingerprint density at radius 3 is 2.76 bits per heavy atom. The maximum Gasteiger partial charge on any atom is 0.163 e. The van der Waals surface area contributed by atoms with Gasteiger partial charge in [-0.1, -0.05) is 12.1 Å². The van der Waals surface area contributed by atoms with E-state index in [4.69, 9.17) is 9.47 Å². The highest BCUT2D eigenvalue weighted by atomic mass is 16.5. The van der Waals surface area contributed by atoms with Crippen LogP contribution >= 0.6 is 0 Å². The third-order valence-electron chi connectivity index (χ3n) is 3.81. The fraction of sp³-hybridized carbons (Fsp3) is 0.278. The highest BCUT2D eigenvalue weighted by Gasteiger charge is 2.13. The summed E-state index contributed by atoms with van der Waals surface area (Å²) in [5.74, 6) is 1.92. The molecule has 0 spiro atoms. The van der Waals surface area contributed by atoms with Crippen LogP contribution in [0.1, 0.15) is 27.9 Å². The molecular formula is C18H18O3. The number of aryl methyl sites for hydroxylation is 1. The first-order valence-corrected chi connectivity index (χ1v) is 7.18. The van der Waals surface area contributed by atoms with Gasteiger partial charge in [0.25, 0.3) is 0 Å². The summed E-state index contributed by atoms with van der Waals surface area (Å²) in [5, 5.41) is 0. The SMILES string of the molecule is COc1ccc(C(=O)CCc2ccc3c(c2)CCO3)cc1. The van der Waals surface area contributed by atoms with Crippen molar-refractivity contribution in [2.24, 2.45) is 0 Å². The van der Waals surface area contributed by atoms with Crippen LogP contribution in [0.25, 0.3) is 0 Å². The van der Waals surface area contributed by atoms with Gasteiger partial charge in [-0.25, -0.2) is 0 Å². The molecule has 1 aliphatic heterocycles. The van der Waals surface area contributed by atoms with Gasteiger partial charge in [-0.05, 0) is 47.9 Å². The smallest absolute Gasteiger partial charge is 0.163 e. The van der Waals surface area contributed by atoms with Gasteiger partial charge in [0.05, 0.1) is 13.7 Å². The second kappa shape index (κ2) is 6.00. The molecular weight excluding hydrogens is 264 g/mol. The quantitative estimate of drug-likeness (QED) is 0.788. The van der Waals surface area contributed by atoms with Crippen molar-refractivity contribution in [2.75, 3.05) is 13.7 Å². The zero-order chi connectivity index (χ0) is 14.7. The van der Waals surface area contributed by atoms with Gasteiger partial charge >= 0.3 is 0 Å². The van der Waals surface area contributed by atoms with E-state index in [2.05, 4.69) is 6.07 Å². The van der Waals surface area contributed by atoms with E-state index in [1.165, 1.54) is 11.1 Å². The standard InChI is InChI=1S/C18H18O3/c1-20-16-6-4-14(5-7-16)17(19)8-2-13-3-9-18-15(12-13)10-11-21-18/h3-7,9,12H,2,8,10-11H2,1H3. The molecule has 0 unspecified atom stereocenters. The molecule has 2 aromatic rings. The number of rotatable bonds is 5. The zero-order valence-corrected chi connectivity index (χ0v) is 12.1. The van der Waals surface area contributed by atoms with Crippen LogP contribution in [0.15, 0.2) is 42.5 Å². The summed E-state index contributed by atoms with van der Waals surface area (Å²) in [5.41, 5.74) is 3.19. The van der Waals surface area contributed by atoms with Gasteiger partial charge in [0.1, 0.15) is 11.5 Å². The maximum atomic E-state index is 12.2. The molecule has 2 aromatic carbocycles. The molecule has 0 saturated carbocycles. The molecule has 108 valence electrons. The average molecular weight is 282 g/mol. The molecule has 3 rings (SSSR count). The van der Waals surface area contributed by atoms with E-state index in [1.807, 2.05) is 36.4 Å². The number of hydrogen-bond acceptors (Lipinski definition) is 3. The molecule has 0 aromatic heterocycles. The Hall–Kier alpha value is -2.29. The Morgan fingerprint density at radius 1 is 1.19 bits per heavy atom. The van der Waals surface area contributed by atoms with Crippen LogP contribution in [0.2, 0.25) is 0 Å². The Balaban J connectivity index is 1.62. The summed E-state index contributed by atoms with van der Waals surface area (Å²) in [6.07, 6.45) is 2.25. The Bertz CT molecular complexity index is 644. The number of ether oxygens (including phenoxy) is 2. The van der Waals surface area contributed by atoms with Gasteiger partial charge in [0.2, 0.25) is 0 Å². The van der Waals surface area contributed by atoms with Crippen molar-refractivity contribution in [1.29, 1.82) is 0 Å². The van der Waals surface area contributed by atoms with E-state index in [0.717, 1.165) is 36.5 Å². The van der Waals surface area contributed by atoms with Crippen molar-refractivity contribution in [2.45, 2.75) is 19.3 Å². The second-order valence-electron chi connectivity index (χ2n) is 5.19. The summed E-state index contributed by atoms with van der Waals surface area (Å²) in [6.45, 7) is 0.767. The fourth-order valence-corrected chi connectivity index (χ4v) is 2.57. The van der Waals surface area contributed by atoms with Crippen LogP contribution in [-0.4, -0.2) is 19.5 Å². The van der Waals surface area contributed by atoms with Crippen LogP contribution in [-0.2, 0) is 12.8 Å². The van der Waals surface area contributed by atoms with Gasteiger partial charge in [0, 0.05) is 18.4 Å². The van der Waals surface area contributed by atoms with E-state index in [9.17, 15) is 4.79 Å². The average Bonchev–Trinajstić information content (AvgIpc) is 3.00. The molecule has 3 heteroatoms. The molecule has 3 nitrogen and oxygen atoms in total. The summed E-state index contributed by atoms with van der Waals surface area (Å²) in [7, 11) is 1.62. The maximum absolute atomic E-state index is 12.2. The monoisotopic (exact) mass is 282 g/mol. The van der Waals surface area contributed by atoms with Crippen molar-refractivity contribution < 1.29 is 14.3 Å². The first kappa shape index (κ1) is 13.7. The van der Waals surface area contributed by atoms with E-state index in [1.54, 1.807) is 7.11 Å². The van der Waals surface area contributed by atoms with Gasteiger partial charge < -0.3 is 9.47 Å². The van der Waals surface area contributed by atoms with Crippen LogP contribution in [0.3, 0.4) is 0 Å². The van der Waals surface area contributed by atoms with Crippen LogP contribution in [0, 0.1) is 0 Å². The van der Waals surface area contributed by atoms with Gasteiger partial charge in [-0.15, -0.1) is 0 Å². The highest BCUT2D eigenvalue weighted by Crippen LogP contribution is 2.26. The van der Waals surface area contributed by atoms with E-state index >= 15 is 0 Å². The number of fused-ring (bicyclic) bond motifs is 1. The van der Waals surface area contributed by atoms with Crippen molar-refractivity contribution >= 4 is 5.78 Å². The zero-order valence-electron chi connectivity index (χ0n) is 12.1. The van der Waals surface area contributed by atoms with Gasteiger partial charge in [-0.3, -0.25) is 4.79 Å². The van der Waals surface area contributed by atoms with Crippen molar-refractivity contribution in [3.63, 3.8) is 0 Å². The molecule has 0 fully saturated rings. The van der Waals surface area contributed by atoms with E-state index in [0.29, 0.717) is 6.42 Å². The molecule has 0 radical (unpaired) electrons. The lowest BCUT2D eigenvalue weighted by Gasteiger charge is -2.05. The van der Waals surface area contributed by atoms with Crippen LogP contribution < -0.4 is 9.47 Å². The molecule has 0 bridgehead atoms. The minimum Gasteiger partial charge on any atom is -0.497 e. The normalized spacial score (nSPS) is 12.6. The molecule has 0 N–H and O–H groups in total. The summed E-state index contributed by atoms with van der Waals surface area (Å²) < 4.78 is 10.6. The topological polar surface area (TPSA) is 35.5 Å². The fourth-order valence-electron chi connectivity index (χ4n) is 2.57. The van der Waals surface area contributed by atoms with Crippen LogP contribution in [0.4, 0.5) is 0 Å². The summed E-state index contributed by atoms with van der Waals surface area (Å²) in [4.78, 5) is 12.2. The minimum atomic E-state index is 0.161. The number of carbonyl (C=O) groups is 1. The largest absolute Gasteiger partial charge is 0.497 e. The highest BCUT2D eigenvalue weighted by molar-refractivity contribution is 5.96. The molecule has 0 aliphatic carbocycles. The molecule has 0 saturated heterocycles. The molecule has 21 heavy (non-hydrogen) atoms. The van der Waals surface area contributed by atoms with Crippen LogP contribution in [0.5, 0.6) is 11.5 Å². The third kappa shape index (κ3) is 3.07. The lowest BCUT2D eigenvalue weighted by molar-refractivity contribution is 0.0983. The lowest BCUT2D eigenvalue weighted by Crippen LogP contribution is -2.01. The molecule has 0 atom stereocenters. The predicted octanol–water partition coefficient (Wildman–Crippen LogP) is 3.45. The van der Waals surface area contributed by atoms with Crippen molar-refractivity contribution in [1.82, 2.24) is 0 Å². The number of benzene rings is 2. The van der Waals surface area contributed by atoms with Crippen molar-refractivity contribution in [3.05, 3.63) is 59.2 Å². The van der Waals surface area contributed by atoms with Crippen molar-refractivity contribution in [3.8, 4) is 11.5 Å². The summed E-state index contributed by atoms with van der Waals surface area (Å²) >= 11 is 0. The number of hydrogen-bond donors (Lipinski definition) is 0. The second-order valence-corrected chi connectivity index (χ2v) is 5.19. The third-order valence-corrected chi connectivity index (χ3v) is 3.81. The Labute approximate surface area is 124 Å². The van der Waals surface area contributed by atoms with Gasteiger partial charge in [0.15, 0.2) is 5.78 Å².